The number of carbonyl (C=O) groups is 3. The second-order valence-electron chi connectivity index (χ2n) is 12.7. The largest absolute Gasteiger partial charge is 0.441 e. The Morgan fingerprint density at radius 1 is 1.18 bits per heavy atom. The maximum atomic E-state index is 14.6. The molecule has 1 unspecified atom stereocenters. The lowest BCUT2D eigenvalue weighted by Gasteiger charge is -2.39. The van der Waals surface area contributed by atoms with Crippen LogP contribution in [0.3, 0.4) is 0 Å². The first-order valence-corrected chi connectivity index (χ1v) is 18.4. The van der Waals surface area contributed by atoms with Crippen LogP contribution in [0.4, 0.5) is 11.4 Å². The van der Waals surface area contributed by atoms with Crippen LogP contribution in [-0.2, 0) is 49.0 Å². The van der Waals surface area contributed by atoms with Crippen LogP contribution in [0, 0.1) is 5.92 Å². The standard InChI is InChI=1S/C32H39N5O7Si/c1-20-30(45(3,4)42)27(12-14-35-19-23(13-15-38)33-34-35)44-32(20)25-10-5-6-11-26(25)36(31(32)41)18-22-8-7-9-24(16-22)37-28(40)17-29(37)43-21(2)39/h5-11,16,19-20,27,29-30,38,42H,12-15,17-18H2,1-4H3/t20-,27+,29?,30-,32+/m0/s1. The van der Waals surface area contributed by atoms with Gasteiger partial charge >= 0.3 is 5.97 Å². The summed E-state index contributed by atoms with van der Waals surface area (Å²) in [6.45, 7) is 7.83. The summed E-state index contributed by atoms with van der Waals surface area (Å²) in [5.41, 5.74) is 2.13. The van der Waals surface area contributed by atoms with Gasteiger partial charge in [-0.2, -0.15) is 0 Å². The number of aliphatic hydroxyl groups excluding tert-OH is 1. The molecular formula is C32H39N5O7Si. The highest BCUT2D eigenvalue weighted by atomic mass is 28.4. The summed E-state index contributed by atoms with van der Waals surface area (Å²) in [6.07, 6.45) is 1.84. The smallest absolute Gasteiger partial charge is 0.304 e. The van der Waals surface area contributed by atoms with Gasteiger partial charge in [-0.15, -0.1) is 5.10 Å². The summed E-state index contributed by atoms with van der Waals surface area (Å²) in [5, 5.41) is 17.5. The molecule has 2 fully saturated rings. The Morgan fingerprint density at radius 3 is 2.67 bits per heavy atom. The molecule has 2 aromatic carbocycles. The predicted octanol–water partition coefficient (Wildman–Crippen LogP) is 2.87. The van der Waals surface area contributed by atoms with E-state index >= 15 is 0 Å². The zero-order chi connectivity index (χ0) is 32.1. The summed E-state index contributed by atoms with van der Waals surface area (Å²) in [4.78, 5) is 53.3. The molecule has 13 heteroatoms. The predicted molar refractivity (Wildman–Crippen MR) is 166 cm³/mol. The molecule has 4 heterocycles. The summed E-state index contributed by atoms with van der Waals surface area (Å²) < 4.78 is 13.9. The van der Waals surface area contributed by atoms with Gasteiger partial charge in [0, 0.05) is 55.4 Å². The lowest BCUT2D eigenvalue weighted by molar-refractivity contribution is -0.154. The number of benzene rings is 2. The number of fused-ring (bicyclic) bond motifs is 2. The third-order valence-corrected chi connectivity index (χ3v) is 11.7. The number of anilines is 2. The number of hydrogen-bond acceptors (Lipinski definition) is 9. The van der Waals surface area contributed by atoms with Gasteiger partial charge in [0.1, 0.15) is 0 Å². The van der Waals surface area contributed by atoms with Crippen molar-refractivity contribution in [2.45, 2.75) is 82.8 Å². The van der Waals surface area contributed by atoms with Gasteiger partial charge < -0.3 is 24.3 Å². The van der Waals surface area contributed by atoms with Gasteiger partial charge in [-0.1, -0.05) is 42.5 Å². The number of rotatable bonds is 10. The molecule has 3 aromatic rings. The van der Waals surface area contributed by atoms with E-state index in [4.69, 9.17) is 9.47 Å². The number of aliphatic hydroxyl groups is 1. The highest BCUT2D eigenvalue weighted by Crippen LogP contribution is 2.59. The fourth-order valence-electron chi connectivity index (χ4n) is 7.37. The molecule has 0 aliphatic carbocycles. The minimum atomic E-state index is -2.83. The van der Waals surface area contributed by atoms with Gasteiger partial charge in [-0.25, -0.2) is 0 Å². The normalized spacial score (nSPS) is 26.0. The monoisotopic (exact) mass is 633 g/mol. The minimum absolute atomic E-state index is 0.00959. The molecule has 0 bridgehead atoms. The van der Waals surface area contributed by atoms with Crippen molar-refractivity contribution in [3.63, 3.8) is 0 Å². The zero-order valence-corrected chi connectivity index (χ0v) is 26.9. The van der Waals surface area contributed by atoms with Gasteiger partial charge in [0.05, 0.1) is 30.5 Å². The first kappa shape index (κ1) is 31.1. The van der Waals surface area contributed by atoms with E-state index in [1.54, 1.807) is 21.8 Å². The molecule has 0 saturated carbocycles. The molecule has 2 saturated heterocycles. The van der Waals surface area contributed by atoms with Gasteiger partial charge in [0.15, 0.2) is 20.1 Å². The molecule has 3 aliphatic rings. The van der Waals surface area contributed by atoms with E-state index in [1.807, 2.05) is 62.5 Å². The van der Waals surface area contributed by atoms with Crippen LogP contribution < -0.4 is 9.80 Å². The number of aromatic nitrogens is 3. The molecule has 0 radical (unpaired) electrons. The number of nitrogens with zero attached hydrogens (tertiary/aromatic N) is 5. The number of hydrogen-bond donors (Lipinski definition) is 2. The third kappa shape index (κ3) is 5.47. The average Bonchev–Trinajstić information content (AvgIpc) is 3.62. The van der Waals surface area contributed by atoms with E-state index in [1.165, 1.54) is 11.8 Å². The molecule has 2 amide bonds. The maximum absolute atomic E-state index is 14.6. The van der Waals surface area contributed by atoms with Crippen LogP contribution >= 0.6 is 0 Å². The molecule has 5 atom stereocenters. The zero-order valence-electron chi connectivity index (χ0n) is 25.9. The van der Waals surface area contributed by atoms with Crippen LogP contribution in [0.1, 0.15) is 43.5 Å². The first-order chi connectivity index (χ1) is 21.4. The molecule has 238 valence electrons. The van der Waals surface area contributed by atoms with Crippen molar-refractivity contribution < 1.29 is 33.8 Å². The van der Waals surface area contributed by atoms with Crippen molar-refractivity contribution in [2.24, 2.45) is 5.92 Å². The Hall–Kier alpha value is -3.91. The lowest BCUT2D eigenvalue weighted by atomic mass is 9.82. The number of amides is 2. The van der Waals surface area contributed by atoms with Gasteiger partial charge in [0.25, 0.3) is 5.91 Å². The van der Waals surface area contributed by atoms with Gasteiger partial charge in [-0.05, 0) is 43.3 Å². The number of aryl methyl sites for hydroxylation is 1. The summed E-state index contributed by atoms with van der Waals surface area (Å²) in [5.74, 6) is -1.09. The molecule has 6 rings (SSSR count). The number of β-lactam (4-membered cyclic amide) rings is 1. The van der Waals surface area contributed by atoms with Gasteiger partial charge in [0.2, 0.25) is 5.91 Å². The molecule has 12 nitrogen and oxygen atoms in total. The molecule has 2 N–H and O–H groups in total. The maximum Gasteiger partial charge on any atom is 0.304 e. The van der Waals surface area contributed by atoms with Crippen molar-refractivity contribution in [1.29, 1.82) is 0 Å². The Morgan fingerprint density at radius 2 is 1.96 bits per heavy atom. The Balaban J connectivity index is 1.29. The van der Waals surface area contributed by atoms with E-state index in [-0.39, 0.29) is 42.8 Å². The average molecular weight is 634 g/mol. The molecule has 45 heavy (non-hydrogen) atoms. The number of esters is 1. The van der Waals surface area contributed by atoms with Gasteiger partial charge in [-0.3, -0.25) is 24.0 Å². The van der Waals surface area contributed by atoms with Crippen molar-refractivity contribution in [2.75, 3.05) is 16.4 Å². The Kier molecular flexibility index (Phi) is 8.14. The van der Waals surface area contributed by atoms with Crippen molar-refractivity contribution in [3.05, 3.63) is 71.5 Å². The van der Waals surface area contributed by atoms with Crippen LogP contribution in [0.25, 0.3) is 0 Å². The van der Waals surface area contributed by atoms with E-state index < -0.39 is 32.2 Å². The quantitative estimate of drug-likeness (QED) is 0.195. The highest BCUT2D eigenvalue weighted by Gasteiger charge is 2.66. The fraction of sp³-hybridized carbons (Fsp3) is 0.469. The van der Waals surface area contributed by atoms with Crippen molar-refractivity contribution >= 4 is 37.5 Å². The highest BCUT2D eigenvalue weighted by molar-refractivity contribution is 6.71. The summed E-state index contributed by atoms with van der Waals surface area (Å²) >= 11 is 0. The third-order valence-electron chi connectivity index (χ3n) is 9.23. The number of para-hydroxylation sites is 1. The van der Waals surface area contributed by atoms with E-state index in [0.29, 0.717) is 30.8 Å². The Bertz CT molecular complexity index is 1620. The van der Waals surface area contributed by atoms with Crippen LogP contribution in [-0.4, -0.2) is 69.9 Å². The molecular weight excluding hydrogens is 594 g/mol. The minimum Gasteiger partial charge on any atom is -0.441 e. The van der Waals surface area contributed by atoms with E-state index in [2.05, 4.69) is 10.3 Å². The molecule has 1 spiro atoms. The number of carbonyl (C=O) groups excluding carboxylic acids is 3. The number of ether oxygens (including phenoxy) is 2. The van der Waals surface area contributed by atoms with Crippen molar-refractivity contribution in [3.8, 4) is 0 Å². The Labute approximate surface area is 262 Å². The summed E-state index contributed by atoms with van der Waals surface area (Å²) in [7, 11) is -2.83. The second-order valence-corrected chi connectivity index (χ2v) is 16.7. The molecule has 1 aromatic heterocycles. The fourth-order valence-corrected chi connectivity index (χ4v) is 9.97. The SMILES string of the molecule is CC(=O)OC1CC(=O)N1c1cccc(CN2C(=O)[C@]3(O[C@H](CCn4cc(CCO)nn4)[C@@H]([Si](C)(C)O)[C@@H]3C)c3ccccc32)c1. The second kappa shape index (κ2) is 11.8. The van der Waals surface area contributed by atoms with Crippen molar-refractivity contribution in [1.82, 2.24) is 15.0 Å². The lowest BCUT2D eigenvalue weighted by Crippen LogP contribution is -2.54. The van der Waals surface area contributed by atoms with Crippen LogP contribution in [0.15, 0.2) is 54.7 Å². The van der Waals surface area contributed by atoms with Crippen LogP contribution in [0.5, 0.6) is 0 Å². The first-order valence-electron chi connectivity index (χ1n) is 15.3. The summed E-state index contributed by atoms with van der Waals surface area (Å²) in [6, 6.07) is 15.0. The van der Waals surface area contributed by atoms with E-state index in [0.717, 1.165) is 16.8 Å². The van der Waals surface area contributed by atoms with E-state index in [9.17, 15) is 24.3 Å². The topological polar surface area (TPSA) is 147 Å². The van der Waals surface area contributed by atoms with Crippen LogP contribution in [0.2, 0.25) is 18.6 Å². The molecule has 3 aliphatic heterocycles.